The summed E-state index contributed by atoms with van der Waals surface area (Å²) in [4.78, 5) is 13.4. The number of rotatable bonds is 6. The van der Waals surface area contributed by atoms with Crippen molar-refractivity contribution in [3.05, 3.63) is 11.3 Å². The Balaban J connectivity index is 4.60. The third-order valence-corrected chi connectivity index (χ3v) is 2.33. The number of hydrogen-bond donors (Lipinski definition) is 1. The van der Waals surface area contributed by atoms with Gasteiger partial charge in [-0.2, -0.15) is 5.26 Å². The Bertz CT molecular complexity index is 327. The van der Waals surface area contributed by atoms with Gasteiger partial charge in [-0.15, -0.1) is 0 Å². The van der Waals surface area contributed by atoms with Gasteiger partial charge in [0.15, 0.2) is 6.29 Å². The molecule has 0 aromatic carbocycles. The predicted octanol–water partition coefficient (Wildman–Crippen LogP) is 0.0807. The summed E-state index contributed by atoms with van der Waals surface area (Å²) in [5, 5.41) is 11.5. The van der Waals surface area contributed by atoms with Gasteiger partial charge in [-0.25, -0.2) is 0 Å². The summed E-state index contributed by atoms with van der Waals surface area (Å²) in [7, 11) is 6.50. The molecule has 17 heavy (non-hydrogen) atoms. The number of hydrogen-bond acceptors (Lipinski definition) is 5. The van der Waals surface area contributed by atoms with Crippen LogP contribution >= 0.6 is 0 Å². The molecule has 0 saturated carbocycles. The first kappa shape index (κ1) is 15.4. The summed E-state index contributed by atoms with van der Waals surface area (Å²) >= 11 is 0. The largest absolute Gasteiger partial charge is 0.380 e. The zero-order chi connectivity index (χ0) is 13.4. The van der Waals surface area contributed by atoms with Crippen LogP contribution < -0.4 is 5.32 Å². The Morgan fingerprint density at radius 2 is 1.94 bits per heavy atom. The number of carbonyl (C=O) groups excluding carboxylic acids is 1. The summed E-state index contributed by atoms with van der Waals surface area (Å²) in [6.45, 7) is 1.90. The molecule has 0 radical (unpaired) electrons. The molecule has 0 aliphatic rings. The van der Waals surface area contributed by atoms with Gasteiger partial charge in [-0.3, -0.25) is 4.79 Å². The van der Waals surface area contributed by atoms with Crippen molar-refractivity contribution >= 4 is 5.91 Å². The Labute approximate surface area is 102 Å². The molecule has 0 aliphatic carbocycles. The second kappa shape index (κ2) is 7.65. The van der Waals surface area contributed by atoms with Crippen molar-refractivity contribution in [3.8, 4) is 6.07 Å². The van der Waals surface area contributed by atoms with Crippen molar-refractivity contribution in [1.29, 1.82) is 5.26 Å². The highest BCUT2D eigenvalue weighted by Gasteiger charge is 2.15. The van der Waals surface area contributed by atoms with Crippen LogP contribution in [-0.2, 0) is 14.3 Å². The molecule has 0 heterocycles. The van der Waals surface area contributed by atoms with E-state index in [4.69, 9.17) is 14.7 Å². The third kappa shape index (κ3) is 4.85. The van der Waals surface area contributed by atoms with Crippen LogP contribution in [0.5, 0.6) is 0 Å². The Morgan fingerprint density at radius 1 is 1.41 bits per heavy atom. The van der Waals surface area contributed by atoms with Crippen LogP contribution in [0.1, 0.15) is 6.92 Å². The predicted molar refractivity (Wildman–Crippen MR) is 62.8 cm³/mol. The van der Waals surface area contributed by atoms with Gasteiger partial charge in [0.1, 0.15) is 11.6 Å². The Morgan fingerprint density at radius 3 is 2.29 bits per heavy atom. The van der Waals surface area contributed by atoms with Crippen LogP contribution in [0.4, 0.5) is 0 Å². The zero-order valence-corrected chi connectivity index (χ0v) is 10.9. The van der Waals surface area contributed by atoms with Gasteiger partial charge in [-0.1, -0.05) is 0 Å². The molecule has 0 aliphatic heterocycles. The van der Waals surface area contributed by atoms with Gasteiger partial charge < -0.3 is 19.7 Å². The normalized spacial score (nSPS) is 11.8. The number of methoxy groups -OCH3 is 2. The summed E-state index contributed by atoms with van der Waals surface area (Å²) in [5.74, 6) is -0.433. The van der Waals surface area contributed by atoms with Crippen molar-refractivity contribution in [2.24, 2.45) is 0 Å². The molecule has 1 N–H and O–H groups in total. The average molecular weight is 241 g/mol. The fourth-order valence-electron chi connectivity index (χ4n) is 1.05. The average Bonchev–Trinajstić information content (AvgIpc) is 2.31. The third-order valence-electron chi connectivity index (χ3n) is 2.33. The first-order chi connectivity index (χ1) is 7.97. The van der Waals surface area contributed by atoms with E-state index in [-0.39, 0.29) is 12.1 Å². The monoisotopic (exact) mass is 241 g/mol. The highest BCUT2D eigenvalue weighted by Crippen LogP contribution is 2.05. The molecule has 1 amide bonds. The lowest BCUT2D eigenvalue weighted by molar-refractivity contribution is -0.124. The topological polar surface area (TPSA) is 74.6 Å². The van der Waals surface area contributed by atoms with Crippen LogP contribution in [0.25, 0.3) is 0 Å². The van der Waals surface area contributed by atoms with Crippen molar-refractivity contribution in [3.63, 3.8) is 0 Å². The minimum absolute atomic E-state index is 0.0842. The van der Waals surface area contributed by atoms with E-state index in [9.17, 15) is 4.79 Å². The SMILES string of the molecule is COC(CNC(=O)/C(C#N)=C(\C)N(C)C)OC. The minimum Gasteiger partial charge on any atom is -0.380 e. The van der Waals surface area contributed by atoms with Crippen molar-refractivity contribution < 1.29 is 14.3 Å². The molecule has 0 rings (SSSR count). The van der Waals surface area contributed by atoms with Crippen LogP contribution in [0.3, 0.4) is 0 Å². The number of carbonyl (C=O) groups is 1. The van der Waals surface area contributed by atoms with E-state index in [1.54, 1.807) is 25.9 Å². The molecule has 0 aromatic rings. The van der Waals surface area contributed by atoms with Crippen molar-refractivity contribution in [1.82, 2.24) is 10.2 Å². The van der Waals surface area contributed by atoms with Crippen LogP contribution in [0, 0.1) is 11.3 Å². The number of ether oxygens (including phenoxy) is 2. The maximum Gasteiger partial charge on any atom is 0.263 e. The molecule has 0 bridgehead atoms. The van der Waals surface area contributed by atoms with E-state index in [0.717, 1.165) is 0 Å². The van der Waals surface area contributed by atoms with E-state index in [2.05, 4.69) is 5.32 Å². The molecule has 96 valence electrons. The Kier molecular flexibility index (Phi) is 6.94. The van der Waals surface area contributed by atoms with Gasteiger partial charge in [-0.05, 0) is 6.92 Å². The van der Waals surface area contributed by atoms with Crippen molar-refractivity contribution in [2.75, 3.05) is 34.9 Å². The molecule has 0 spiro atoms. The number of nitrogens with one attached hydrogen (secondary N) is 1. The van der Waals surface area contributed by atoms with Gasteiger partial charge >= 0.3 is 0 Å². The van der Waals surface area contributed by atoms with E-state index < -0.39 is 12.2 Å². The number of nitriles is 1. The maximum absolute atomic E-state index is 11.7. The van der Waals surface area contributed by atoms with Crippen LogP contribution in [0.15, 0.2) is 11.3 Å². The molecule has 0 aromatic heterocycles. The lowest BCUT2D eigenvalue weighted by Crippen LogP contribution is -2.35. The molecular formula is C11H19N3O3. The summed E-state index contributed by atoms with van der Waals surface area (Å²) in [6.07, 6.45) is -0.515. The molecule has 6 nitrogen and oxygen atoms in total. The first-order valence-corrected chi connectivity index (χ1v) is 5.10. The molecule has 0 atom stereocenters. The lowest BCUT2D eigenvalue weighted by Gasteiger charge is -2.16. The van der Waals surface area contributed by atoms with Gasteiger partial charge in [0.2, 0.25) is 0 Å². The smallest absolute Gasteiger partial charge is 0.263 e. The highest BCUT2D eigenvalue weighted by atomic mass is 16.7. The van der Waals surface area contributed by atoms with E-state index >= 15 is 0 Å². The molecule has 6 heteroatoms. The van der Waals surface area contributed by atoms with Gasteiger partial charge in [0.25, 0.3) is 5.91 Å². The van der Waals surface area contributed by atoms with E-state index in [1.165, 1.54) is 14.2 Å². The summed E-state index contributed by atoms with van der Waals surface area (Å²) in [6, 6.07) is 1.89. The van der Waals surface area contributed by atoms with E-state index in [0.29, 0.717) is 5.70 Å². The summed E-state index contributed by atoms with van der Waals surface area (Å²) < 4.78 is 9.85. The quantitative estimate of drug-likeness (QED) is 0.405. The lowest BCUT2D eigenvalue weighted by atomic mass is 10.2. The maximum atomic E-state index is 11.7. The van der Waals surface area contributed by atoms with Gasteiger partial charge in [0.05, 0.1) is 6.54 Å². The minimum atomic E-state index is -0.515. The molecule has 0 fully saturated rings. The zero-order valence-electron chi connectivity index (χ0n) is 10.9. The molecular weight excluding hydrogens is 222 g/mol. The van der Waals surface area contributed by atoms with Crippen LogP contribution in [0.2, 0.25) is 0 Å². The standard InChI is InChI=1S/C11H19N3O3/c1-8(14(2)3)9(6-12)11(15)13-7-10(16-4)17-5/h10H,7H2,1-5H3,(H,13,15)/b9-8+. The first-order valence-electron chi connectivity index (χ1n) is 5.10. The fraction of sp³-hybridized carbons (Fsp3) is 0.636. The number of amides is 1. The van der Waals surface area contributed by atoms with Crippen LogP contribution in [-0.4, -0.2) is 52.0 Å². The van der Waals surface area contributed by atoms with Crippen molar-refractivity contribution in [2.45, 2.75) is 13.2 Å². The van der Waals surface area contributed by atoms with E-state index in [1.807, 2.05) is 6.07 Å². The number of nitrogens with zero attached hydrogens (tertiary/aromatic N) is 2. The van der Waals surface area contributed by atoms with Gasteiger partial charge in [0, 0.05) is 34.0 Å². The highest BCUT2D eigenvalue weighted by molar-refractivity contribution is 5.97. The Hall–Kier alpha value is -1.58. The second-order valence-electron chi connectivity index (χ2n) is 3.58. The fourth-order valence-corrected chi connectivity index (χ4v) is 1.05. The molecule has 0 saturated heterocycles. The second-order valence-corrected chi connectivity index (χ2v) is 3.58. The summed E-state index contributed by atoms with van der Waals surface area (Å²) in [5.41, 5.74) is 0.692. The number of allylic oxidation sites excluding steroid dienone is 1. The molecule has 0 unspecified atom stereocenters.